The number of pyridine rings is 1. The summed E-state index contributed by atoms with van der Waals surface area (Å²) in [6, 6.07) is 13.9. The molecule has 1 aromatic carbocycles. The van der Waals surface area contributed by atoms with E-state index < -0.39 is 0 Å². The second-order valence-corrected chi connectivity index (χ2v) is 6.12. The third-order valence-electron chi connectivity index (χ3n) is 4.29. The number of nitrogens with zero attached hydrogens (tertiary/aromatic N) is 3. The molecular weight excluding hydrogens is 300 g/mol. The summed E-state index contributed by atoms with van der Waals surface area (Å²) in [6.45, 7) is 2.09. The van der Waals surface area contributed by atoms with Gasteiger partial charge in [-0.15, -0.1) is 0 Å². The summed E-state index contributed by atoms with van der Waals surface area (Å²) in [5, 5.41) is 11.8. The van der Waals surface area contributed by atoms with Crippen LogP contribution in [0.5, 0.6) is 0 Å². The van der Waals surface area contributed by atoms with Crippen LogP contribution in [-0.4, -0.2) is 35.4 Å². The Morgan fingerprint density at radius 2 is 2.08 bits per heavy atom. The fraction of sp³-hybridized carbons (Fsp3) is 0.316. The molecule has 1 aromatic heterocycles. The molecule has 3 rings (SSSR count). The van der Waals surface area contributed by atoms with E-state index in [0.717, 1.165) is 31.5 Å². The average Bonchev–Trinajstić information content (AvgIpc) is 3.09. The second kappa shape index (κ2) is 7.60. The molecule has 0 spiro atoms. The van der Waals surface area contributed by atoms with Gasteiger partial charge in [-0.2, -0.15) is 5.26 Å². The van der Waals surface area contributed by atoms with Crippen LogP contribution in [0.15, 0.2) is 48.7 Å². The van der Waals surface area contributed by atoms with Gasteiger partial charge in [0.05, 0.1) is 0 Å². The van der Waals surface area contributed by atoms with Gasteiger partial charge in [0, 0.05) is 25.8 Å². The van der Waals surface area contributed by atoms with Gasteiger partial charge in [0.15, 0.2) is 6.19 Å². The Kier molecular flexibility index (Phi) is 5.07. The molecule has 2 heterocycles. The number of hydrogen-bond donors (Lipinski definition) is 1. The maximum atomic E-state index is 12.2. The molecule has 2 aromatic rings. The third-order valence-corrected chi connectivity index (χ3v) is 4.29. The molecule has 0 bridgehead atoms. The number of nitriles is 1. The summed E-state index contributed by atoms with van der Waals surface area (Å²) in [5.74, 6) is 0.183. The molecule has 1 N–H and O–H groups in total. The van der Waals surface area contributed by atoms with E-state index in [9.17, 15) is 4.79 Å². The first-order chi connectivity index (χ1) is 11.7. The quantitative estimate of drug-likeness (QED) is 0.858. The number of aromatic nitrogens is 1. The SMILES string of the molecule is N#CN1CC[C@H](CNC(=O)c2ccc(Cc3ccccc3)cn2)C1. The van der Waals surface area contributed by atoms with E-state index in [-0.39, 0.29) is 5.91 Å². The fourth-order valence-electron chi connectivity index (χ4n) is 2.91. The number of nitrogens with one attached hydrogen (secondary N) is 1. The van der Waals surface area contributed by atoms with Crippen LogP contribution in [0.4, 0.5) is 0 Å². The van der Waals surface area contributed by atoms with Gasteiger partial charge in [-0.1, -0.05) is 36.4 Å². The Balaban J connectivity index is 1.51. The van der Waals surface area contributed by atoms with Gasteiger partial charge in [0.25, 0.3) is 5.91 Å². The lowest BCUT2D eigenvalue weighted by molar-refractivity contribution is 0.0943. The Morgan fingerprint density at radius 3 is 2.75 bits per heavy atom. The van der Waals surface area contributed by atoms with Crippen molar-refractivity contribution in [2.24, 2.45) is 5.92 Å². The molecule has 0 saturated carbocycles. The van der Waals surface area contributed by atoms with Gasteiger partial charge in [0.1, 0.15) is 5.69 Å². The minimum absolute atomic E-state index is 0.156. The van der Waals surface area contributed by atoms with Gasteiger partial charge in [-0.3, -0.25) is 9.78 Å². The van der Waals surface area contributed by atoms with Crippen LogP contribution in [-0.2, 0) is 6.42 Å². The van der Waals surface area contributed by atoms with Crippen LogP contribution in [0.25, 0.3) is 0 Å². The summed E-state index contributed by atoms with van der Waals surface area (Å²) in [6.07, 6.45) is 5.66. The van der Waals surface area contributed by atoms with E-state index in [4.69, 9.17) is 5.26 Å². The van der Waals surface area contributed by atoms with E-state index in [2.05, 4.69) is 28.6 Å². The number of likely N-dealkylation sites (tertiary alicyclic amines) is 1. The summed E-state index contributed by atoms with van der Waals surface area (Å²) in [7, 11) is 0. The molecule has 0 unspecified atom stereocenters. The largest absolute Gasteiger partial charge is 0.350 e. The van der Waals surface area contributed by atoms with Crippen molar-refractivity contribution >= 4 is 5.91 Å². The number of benzene rings is 1. The van der Waals surface area contributed by atoms with Crippen LogP contribution < -0.4 is 5.32 Å². The van der Waals surface area contributed by atoms with Crippen molar-refractivity contribution in [1.29, 1.82) is 5.26 Å². The predicted molar refractivity (Wildman–Crippen MR) is 91.1 cm³/mol. The fourth-order valence-corrected chi connectivity index (χ4v) is 2.91. The Hall–Kier alpha value is -2.87. The first-order valence-corrected chi connectivity index (χ1v) is 8.16. The molecule has 24 heavy (non-hydrogen) atoms. The van der Waals surface area contributed by atoms with Crippen LogP contribution in [0.1, 0.15) is 28.0 Å². The lowest BCUT2D eigenvalue weighted by Gasteiger charge is -2.11. The van der Waals surface area contributed by atoms with Gasteiger partial charge < -0.3 is 10.2 Å². The van der Waals surface area contributed by atoms with E-state index >= 15 is 0 Å². The molecule has 1 aliphatic rings. The summed E-state index contributed by atoms with van der Waals surface area (Å²) >= 11 is 0. The number of rotatable bonds is 5. The Labute approximate surface area is 141 Å². The van der Waals surface area contributed by atoms with Crippen molar-refractivity contribution in [3.63, 3.8) is 0 Å². The van der Waals surface area contributed by atoms with Crippen molar-refractivity contribution in [1.82, 2.24) is 15.2 Å². The topological polar surface area (TPSA) is 69.0 Å². The van der Waals surface area contributed by atoms with Crippen molar-refractivity contribution in [2.45, 2.75) is 12.8 Å². The molecule has 5 heteroatoms. The smallest absolute Gasteiger partial charge is 0.269 e. The highest BCUT2D eigenvalue weighted by molar-refractivity contribution is 5.92. The summed E-state index contributed by atoms with van der Waals surface area (Å²) in [5.41, 5.74) is 2.74. The zero-order chi connectivity index (χ0) is 16.8. The maximum absolute atomic E-state index is 12.2. The monoisotopic (exact) mass is 320 g/mol. The highest BCUT2D eigenvalue weighted by atomic mass is 16.1. The second-order valence-electron chi connectivity index (χ2n) is 6.12. The molecule has 0 radical (unpaired) electrons. The maximum Gasteiger partial charge on any atom is 0.269 e. The van der Waals surface area contributed by atoms with Crippen LogP contribution >= 0.6 is 0 Å². The lowest BCUT2D eigenvalue weighted by atomic mass is 10.1. The highest BCUT2D eigenvalue weighted by Gasteiger charge is 2.22. The zero-order valence-electron chi connectivity index (χ0n) is 13.5. The van der Waals surface area contributed by atoms with E-state index in [1.165, 1.54) is 5.56 Å². The molecule has 1 fully saturated rings. The average molecular weight is 320 g/mol. The van der Waals surface area contributed by atoms with Crippen molar-refractivity contribution in [3.8, 4) is 6.19 Å². The number of carbonyl (C=O) groups is 1. The summed E-state index contributed by atoms with van der Waals surface area (Å²) < 4.78 is 0. The molecule has 1 atom stereocenters. The van der Waals surface area contributed by atoms with Crippen molar-refractivity contribution in [3.05, 3.63) is 65.5 Å². The predicted octanol–water partition coefficient (Wildman–Crippen LogP) is 2.21. The molecule has 0 aliphatic carbocycles. The molecule has 5 nitrogen and oxygen atoms in total. The molecular formula is C19H20N4O. The van der Waals surface area contributed by atoms with Gasteiger partial charge in [-0.25, -0.2) is 0 Å². The van der Waals surface area contributed by atoms with Gasteiger partial charge in [0.2, 0.25) is 0 Å². The molecule has 1 amide bonds. The Bertz CT molecular complexity index is 721. The summed E-state index contributed by atoms with van der Waals surface area (Å²) in [4.78, 5) is 18.2. The van der Waals surface area contributed by atoms with Crippen LogP contribution in [0.3, 0.4) is 0 Å². The third kappa shape index (κ3) is 4.11. The van der Waals surface area contributed by atoms with Crippen LogP contribution in [0, 0.1) is 17.4 Å². The first-order valence-electron chi connectivity index (χ1n) is 8.16. The Morgan fingerprint density at radius 1 is 1.25 bits per heavy atom. The number of carbonyl (C=O) groups excluding carboxylic acids is 1. The number of hydrogen-bond acceptors (Lipinski definition) is 4. The van der Waals surface area contributed by atoms with Gasteiger partial charge >= 0.3 is 0 Å². The van der Waals surface area contributed by atoms with Crippen molar-refractivity contribution < 1.29 is 4.79 Å². The first kappa shape index (κ1) is 16.0. The highest BCUT2D eigenvalue weighted by Crippen LogP contribution is 2.14. The molecule has 1 aliphatic heterocycles. The van der Waals surface area contributed by atoms with E-state index in [1.807, 2.05) is 24.3 Å². The van der Waals surface area contributed by atoms with E-state index in [1.54, 1.807) is 17.2 Å². The number of amides is 1. The van der Waals surface area contributed by atoms with Crippen LogP contribution in [0.2, 0.25) is 0 Å². The zero-order valence-corrected chi connectivity index (χ0v) is 13.5. The minimum atomic E-state index is -0.156. The van der Waals surface area contributed by atoms with Gasteiger partial charge in [-0.05, 0) is 36.0 Å². The normalized spacial score (nSPS) is 16.6. The minimum Gasteiger partial charge on any atom is -0.350 e. The molecule has 1 saturated heterocycles. The lowest BCUT2D eigenvalue weighted by Crippen LogP contribution is -2.30. The van der Waals surface area contributed by atoms with Crippen molar-refractivity contribution in [2.75, 3.05) is 19.6 Å². The van der Waals surface area contributed by atoms with E-state index in [0.29, 0.717) is 18.2 Å². The molecule has 122 valence electrons. The standard InChI is InChI=1S/C19H20N4O/c20-14-23-9-8-17(13-23)12-22-19(24)18-7-6-16(11-21-18)10-15-4-2-1-3-5-15/h1-7,11,17H,8-10,12-13H2,(H,22,24)/t17-/m1/s1.